The summed E-state index contributed by atoms with van der Waals surface area (Å²) in [5.41, 5.74) is 2.81. The van der Waals surface area contributed by atoms with Crippen LogP contribution in [0.5, 0.6) is 5.75 Å². The van der Waals surface area contributed by atoms with Crippen LogP contribution in [0.4, 0.5) is 4.39 Å². The minimum atomic E-state index is -0.488. The minimum Gasteiger partial charge on any atom is -0.494 e. The van der Waals surface area contributed by atoms with E-state index in [2.05, 4.69) is 6.07 Å². The zero-order valence-corrected chi connectivity index (χ0v) is 12.3. The lowest BCUT2D eigenvalue weighted by atomic mass is 9.97. The molecule has 0 saturated heterocycles. The molecule has 0 radical (unpaired) electrons. The normalized spacial score (nSPS) is 11.7. The molecule has 21 heavy (non-hydrogen) atoms. The number of benzene rings is 2. The molecule has 0 aliphatic carbocycles. The van der Waals surface area contributed by atoms with Crippen LogP contribution in [0.15, 0.2) is 42.5 Å². The number of hydrogen-bond acceptors (Lipinski definition) is 2. The lowest BCUT2D eigenvalue weighted by Crippen LogP contribution is -2.06. The Bertz CT molecular complexity index is 661. The van der Waals surface area contributed by atoms with Crippen molar-refractivity contribution in [3.05, 3.63) is 65.0 Å². The highest BCUT2D eigenvalue weighted by molar-refractivity contribution is 5.34. The largest absolute Gasteiger partial charge is 0.494 e. The predicted molar refractivity (Wildman–Crippen MR) is 80.8 cm³/mol. The average molecular weight is 283 g/mol. The van der Waals surface area contributed by atoms with Gasteiger partial charge < -0.3 is 4.74 Å². The van der Waals surface area contributed by atoms with E-state index in [1.807, 2.05) is 32.0 Å². The van der Waals surface area contributed by atoms with Crippen LogP contribution in [0.2, 0.25) is 0 Å². The first-order chi connectivity index (χ1) is 10.1. The van der Waals surface area contributed by atoms with Crippen LogP contribution in [0.25, 0.3) is 0 Å². The number of nitriles is 1. The molecule has 0 N–H and O–H groups in total. The summed E-state index contributed by atoms with van der Waals surface area (Å²) >= 11 is 0. The monoisotopic (exact) mass is 283 g/mol. The first-order valence-electron chi connectivity index (χ1n) is 6.96. The van der Waals surface area contributed by atoms with Crippen molar-refractivity contribution >= 4 is 0 Å². The summed E-state index contributed by atoms with van der Waals surface area (Å²) in [6.07, 6.45) is 0.463. The maximum atomic E-state index is 13.7. The van der Waals surface area contributed by atoms with E-state index in [4.69, 9.17) is 4.74 Å². The Labute approximate surface area is 124 Å². The van der Waals surface area contributed by atoms with E-state index in [-0.39, 0.29) is 5.82 Å². The second-order valence-corrected chi connectivity index (χ2v) is 5.09. The molecule has 0 heterocycles. The van der Waals surface area contributed by atoms with Gasteiger partial charge in [0.15, 0.2) is 0 Å². The second kappa shape index (κ2) is 6.90. The van der Waals surface area contributed by atoms with Gasteiger partial charge in [-0.05, 0) is 43.2 Å². The number of hydrogen-bond donors (Lipinski definition) is 0. The fraction of sp³-hybridized carbons (Fsp3) is 0.278. The molecule has 1 atom stereocenters. The quantitative estimate of drug-likeness (QED) is 0.808. The Balaban J connectivity index is 1.97. The third-order valence-corrected chi connectivity index (χ3v) is 3.59. The number of halogens is 1. The van der Waals surface area contributed by atoms with E-state index in [9.17, 15) is 9.65 Å². The van der Waals surface area contributed by atoms with E-state index in [1.165, 1.54) is 17.2 Å². The number of aryl methyl sites for hydroxylation is 2. The van der Waals surface area contributed by atoms with Gasteiger partial charge in [-0.2, -0.15) is 5.26 Å². The van der Waals surface area contributed by atoms with Gasteiger partial charge in [0.25, 0.3) is 0 Å². The molecule has 0 amide bonds. The summed E-state index contributed by atoms with van der Waals surface area (Å²) in [6.45, 7) is 4.46. The zero-order chi connectivity index (χ0) is 15.2. The van der Waals surface area contributed by atoms with Crippen molar-refractivity contribution in [2.45, 2.75) is 26.2 Å². The van der Waals surface area contributed by atoms with Crippen LogP contribution < -0.4 is 4.74 Å². The molecule has 108 valence electrons. The molecule has 0 saturated carbocycles. The van der Waals surface area contributed by atoms with E-state index in [0.29, 0.717) is 18.6 Å². The summed E-state index contributed by atoms with van der Waals surface area (Å²) < 4.78 is 19.3. The summed E-state index contributed by atoms with van der Waals surface area (Å²) in [4.78, 5) is 0. The lowest BCUT2D eigenvalue weighted by molar-refractivity contribution is 0.305. The third kappa shape index (κ3) is 3.82. The third-order valence-electron chi connectivity index (χ3n) is 3.59. The molecule has 2 aromatic carbocycles. The first kappa shape index (κ1) is 15.1. The molecule has 3 heteroatoms. The molecule has 0 spiro atoms. The Hall–Kier alpha value is -2.34. The second-order valence-electron chi connectivity index (χ2n) is 5.09. The molecule has 0 aliphatic heterocycles. The smallest absolute Gasteiger partial charge is 0.127 e. The fourth-order valence-corrected chi connectivity index (χ4v) is 2.15. The summed E-state index contributed by atoms with van der Waals surface area (Å²) in [6, 6.07) is 14.4. The molecule has 0 aliphatic rings. The molecule has 1 unspecified atom stereocenters. The number of ether oxygens (including phenoxy) is 1. The van der Waals surface area contributed by atoms with Gasteiger partial charge in [0, 0.05) is 12.0 Å². The van der Waals surface area contributed by atoms with Gasteiger partial charge >= 0.3 is 0 Å². The Morgan fingerprint density at radius 1 is 1.14 bits per heavy atom. The van der Waals surface area contributed by atoms with E-state index < -0.39 is 5.92 Å². The van der Waals surface area contributed by atoms with Gasteiger partial charge in [-0.3, -0.25) is 0 Å². The van der Waals surface area contributed by atoms with Gasteiger partial charge in [0.05, 0.1) is 18.6 Å². The highest BCUT2D eigenvalue weighted by Crippen LogP contribution is 2.23. The SMILES string of the molecule is Cc1ccc(OCCC(C#N)c2ccccc2F)cc1C. The molecule has 0 fully saturated rings. The van der Waals surface area contributed by atoms with Gasteiger partial charge in [-0.25, -0.2) is 4.39 Å². The van der Waals surface area contributed by atoms with Crippen LogP contribution in [-0.4, -0.2) is 6.61 Å². The summed E-state index contributed by atoms with van der Waals surface area (Å²) in [5.74, 6) is -0.0451. The van der Waals surface area contributed by atoms with Crippen molar-refractivity contribution in [3.63, 3.8) is 0 Å². The van der Waals surface area contributed by atoms with Crippen molar-refractivity contribution in [2.24, 2.45) is 0 Å². The van der Waals surface area contributed by atoms with E-state index in [1.54, 1.807) is 18.2 Å². The Morgan fingerprint density at radius 3 is 2.57 bits per heavy atom. The topological polar surface area (TPSA) is 33.0 Å². The van der Waals surface area contributed by atoms with Gasteiger partial charge in [-0.15, -0.1) is 0 Å². The van der Waals surface area contributed by atoms with Crippen molar-refractivity contribution in [2.75, 3.05) is 6.61 Å². The molecule has 0 aromatic heterocycles. The summed E-state index contributed by atoms with van der Waals surface area (Å²) in [5, 5.41) is 9.21. The molecule has 2 aromatic rings. The van der Waals surface area contributed by atoms with Crippen molar-refractivity contribution in [3.8, 4) is 11.8 Å². The van der Waals surface area contributed by atoms with Crippen molar-refractivity contribution in [1.82, 2.24) is 0 Å². The average Bonchev–Trinajstić information content (AvgIpc) is 2.48. The maximum Gasteiger partial charge on any atom is 0.127 e. The number of rotatable bonds is 5. The number of nitrogens with zero attached hydrogens (tertiary/aromatic N) is 1. The van der Waals surface area contributed by atoms with Crippen LogP contribution in [0.3, 0.4) is 0 Å². The highest BCUT2D eigenvalue weighted by atomic mass is 19.1. The molecule has 2 rings (SSSR count). The molecule has 2 nitrogen and oxygen atoms in total. The van der Waals surface area contributed by atoms with Crippen LogP contribution in [-0.2, 0) is 0 Å². The van der Waals surface area contributed by atoms with Crippen LogP contribution in [0.1, 0.15) is 29.0 Å². The zero-order valence-electron chi connectivity index (χ0n) is 12.3. The van der Waals surface area contributed by atoms with Crippen molar-refractivity contribution < 1.29 is 9.13 Å². The summed E-state index contributed by atoms with van der Waals surface area (Å²) in [7, 11) is 0. The molecule has 0 bridgehead atoms. The lowest BCUT2D eigenvalue weighted by Gasteiger charge is -2.12. The Morgan fingerprint density at radius 2 is 1.90 bits per heavy atom. The van der Waals surface area contributed by atoms with Gasteiger partial charge in [0.1, 0.15) is 11.6 Å². The van der Waals surface area contributed by atoms with Crippen LogP contribution >= 0.6 is 0 Å². The van der Waals surface area contributed by atoms with Gasteiger partial charge in [0.2, 0.25) is 0 Å². The molecular weight excluding hydrogens is 265 g/mol. The van der Waals surface area contributed by atoms with Crippen LogP contribution in [0, 0.1) is 31.0 Å². The predicted octanol–water partition coefficient (Wildman–Crippen LogP) is 4.52. The maximum absolute atomic E-state index is 13.7. The standard InChI is InChI=1S/C18H18FNO/c1-13-7-8-16(11-14(13)2)21-10-9-15(12-20)17-5-3-4-6-18(17)19/h3-8,11,15H,9-10H2,1-2H3. The fourth-order valence-electron chi connectivity index (χ4n) is 2.15. The van der Waals surface area contributed by atoms with E-state index >= 15 is 0 Å². The molecular formula is C18H18FNO. The van der Waals surface area contributed by atoms with Crippen molar-refractivity contribution in [1.29, 1.82) is 5.26 Å². The Kier molecular flexibility index (Phi) is 4.94. The van der Waals surface area contributed by atoms with Gasteiger partial charge in [-0.1, -0.05) is 24.3 Å². The first-order valence-corrected chi connectivity index (χ1v) is 6.96. The highest BCUT2D eigenvalue weighted by Gasteiger charge is 2.14. The minimum absolute atomic E-state index is 0.338. The van der Waals surface area contributed by atoms with E-state index in [0.717, 1.165) is 5.75 Å².